The van der Waals surface area contributed by atoms with Crippen LogP contribution >= 0.6 is 11.6 Å². The van der Waals surface area contributed by atoms with Crippen molar-refractivity contribution in [2.75, 3.05) is 6.61 Å². The zero-order valence-corrected chi connectivity index (χ0v) is 8.07. The van der Waals surface area contributed by atoms with Crippen LogP contribution in [0.1, 0.15) is 11.7 Å². The molecule has 0 aliphatic carbocycles. The van der Waals surface area contributed by atoms with Gasteiger partial charge in [-0.15, -0.1) is 0 Å². The van der Waals surface area contributed by atoms with E-state index in [1.54, 1.807) is 24.3 Å². The number of rotatable bonds is 3. The van der Waals surface area contributed by atoms with Crippen molar-refractivity contribution in [2.24, 2.45) is 5.73 Å². The van der Waals surface area contributed by atoms with E-state index in [2.05, 4.69) is 4.74 Å². The fourth-order valence-corrected chi connectivity index (χ4v) is 1.33. The minimum atomic E-state index is -0.941. The first-order valence-corrected chi connectivity index (χ1v) is 4.34. The van der Waals surface area contributed by atoms with Crippen LogP contribution in [0.2, 0.25) is 5.02 Å². The summed E-state index contributed by atoms with van der Waals surface area (Å²) in [6.45, 7) is -0.354. The predicted molar refractivity (Wildman–Crippen MR) is 51.9 cm³/mol. The molecule has 0 heterocycles. The fraction of sp³-hybridized carbons (Fsp3) is 0.222. The van der Waals surface area contributed by atoms with Gasteiger partial charge >= 0.3 is 6.09 Å². The number of hydrogen-bond donors (Lipinski definition) is 2. The number of aliphatic hydroxyl groups is 1. The molecular formula is C9H10ClNO3. The largest absolute Gasteiger partial charge is 0.439 e. The molecule has 76 valence electrons. The number of aliphatic hydroxyl groups excluding tert-OH is 1. The van der Waals surface area contributed by atoms with Crippen LogP contribution in [0.5, 0.6) is 0 Å². The number of amides is 1. The van der Waals surface area contributed by atoms with E-state index in [4.69, 9.17) is 22.4 Å². The molecule has 0 saturated carbocycles. The highest BCUT2D eigenvalue weighted by Crippen LogP contribution is 2.24. The average molecular weight is 216 g/mol. The van der Waals surface area contributed by atoms with E-state index in [1.165, 1.54) is 0 Å². The summed E-state index contributed by atoms with van der Waals surface area (Å²) in [5, 5.41) is 9.39. The van der Waals surface area contributed by atoms with Crippen molar-refractivity contribution >= 4 is 17.7 Å². The van der Waals surface area contributed by atoms with E-state index < -0.39 is 12.2 Å². The first-order chi connectivity index (χ1) is 6.65. The minimum Gasteiger partial charge on any atom is -0.439 e. The van der Waals surface area contributed by atoms with Crippen LogP contribution in [0.4, 0.5) is 4.79 Å². The molecule has 1 aromatic carbocycles. The SMILES string of the molecule is NC(=O)OC(CO)c1ccccc1Cl. The summed E-state index contributed by atoms with van der Waals surface area (Å²) in [6, 6.07) is 6.77. The number of hydrogen-bond acceptors (Lipinski definition) is 3. The molecule has 3 N–H and O–H groups in total. The van der Waals surface area contributed by atoms with E-state index in [9.17, 15) is 4.79 Å². The lowest BCUT2D eigenvalue weighted by atomic mass is 10.1. The van der Waals surface area contributed by atoms with Crippen LogP contribution in [0, 0.1) is 0 Å². The Morgan fingerprint density at radius 1 is 1.57 bits per heavy atom. The summed E-state index contributed by atoms with van der Waals surface area (Å²) in [6.07, 6.45) is -1.75. The zero-order chi connectivity index (χ0) is 10.6. The van der Waals surface area contributed by atoms with Crippen LogP contribution in [0.3, 0.4) is 0 Å². The standard InChI is InChI=1S/C9H10ClNO3/c10-7-4-2-1-3-6(7)8(5-12)14-9(11)13/h1-4,8,12H,5H2,(H2,11,13). The third-order valence-corrected chi connectivity index (χ3v) is 2.02. The van der Waals surface area contributed by atoms with Crippen molar-refractivity contribution in [1.29, 1.82) is 0 Å². The lowest BCUT2D eigenvalue weighted by molar-refractivity contribution is 0.0633. The molecular weight excluding hydrogens is 206 g/mol. The Kier molecular flexibility index (Phi) is 3.73. The minimum absolute atomic E-state index is 0.354. The van der Waals surface area contributed by atoms with Crippen molar-refractivity contribution < 1.29 is 14.6 Å². The van der Waals surface area contributed by atoms with Crippen molar-refractivity contribution in [1.82, 2.24) is 0 Å². The Labute approximate surface area is 86.2 Å². The quantitative estimate of drug-likeness (QED) is 0.802. The molecule has 0 saturated heterocycles. The van der Waals surface area contributed by atoms with Crippen molar-refractivity contribution in [3.63, 3.8) is 0 Å². The van der Waals surface area contributed by atoms with Gasteiger partial charge in [-0.05, 0) is 6.07 Å². The fourth-order valence-electron chi connectivity index (χ4n) is 1.08. The van der Waals surface area contributed by atoms with Gasteiger partial charge in [0.2, 0.25) is 0 Å². The molecule has 0 spiro atoms. The molecule has 14 heavy (non-hydrogen) atoms. The Balaban J connectivity index is 2.89. The van der Waals surface area contributed by atoms with Crippen LogP contribution in [0.15, 0.2) is 24.3 Å². The molecule has 1 atom stereocenters. The van der Waals surface area contributed by atoms with Crippen LogP contribution < -0.4 is 5.73 Å². The molecule has 0 bridgehead atoms. The van der Waals surface area contributed by atoms with Gasteiger partial charge in [-0.1, -0.05) is 29.8 Å². The predicted octanol–water partition coefficient (Wildman–Crippen LogP) is 1.47. The topological polar surface area (TPSA) is 72.6 Å². The summed E-state index contributed by atoms with van der Waals surface area (Å²) >= 11 is 5.84. The number of nitrogens with two attached hydrogens (primary N) is 1. The first-order valence-electron chi connectivity index (χ1n) is 3.96. The molecule has 1 unspecified atom stereocenters. The number of carbonyl (C=O) groups is 1. The van der Waals surface area contributed by atoms with Gasteiger partial charge in [0.15, 0.2) is 6.10 Å². The number of carbonyl (C=O) groups excluding carboxylic acids is 1. The summed E-state index contributed by atoms with van der Waals surface area (Å²) in [7, 11) is 0. The molecule has 0 aliphatic rings. The van der Waals surface area contributed by atoms with E-state index in [0.717, 1.165) is 0 Å². The Morgan fingerprint density at radius 2 is 2.21 bits per heavy atom. The highest BCUT2D eigenvalue weighted by molar-refractivity contribution is 6.31. The first kappa shape index (κ1) is 10.8. The summed E-state index contributed by atoms with van der Waals surface area (Å²) in [5.41, 5.74) is 5.38. The summed E-state index contributed by atoms with van der Waals surface area (Å²) in [4.78, 5) is 10.5. The van der Waals surface area contributed by atoms with Gasteiger partial charge in [0, 0.05) is 10.6 Å². The molecule has 1 rings (SSSR count). The molecule has 1 amide bonds. The Hall–Kier alpha value is -1.26. The third kappa shape index (κ3) is 2.61. The highest BCUT2D eigenvalue weighted by Gasteiger charge is 2.16. The van der Waals surface area contributed by atoms with Crippen LogP contribution in [-0.4, -0.2) is 17.8 Å². The Morgan fingerprint density at radius 3 is 2.71 bits per heavy atom. The van der Waals surface area contributed by atoms with Gasteiger partial charge in [0.25, 0.3) is 0 Å². The van der Waals surface area contributed by atoms with Gasteiger partial charge in [-0.25, -0.2) is 4.79 Å². The van der Waals surface area contributed by atoms with Gasteiger partial charge in [0.1, 0.15) is 0 Å². The van der Waals surface area contributed by atoms with Crippen molar-refractivity contribution in [2.45, 2.75) is 6.10 Å². The van der Waals surface area contributed by atoms with Crippen LogP contribution in [-0.2, 0) is 4.74 Å². The van der Waals surface area contributed by atoms with E-state index in [0.29, 0.717) is 10.6 Å². The van der Waals surface area contributed by atoms with E-state index in [-0.39, 0.29) is 6.61 Å². The second-order valence-corrected chi connectivity index (χ2v) is 3.04. The average Bonchev–Trinajstić information content (AvgIpc) is 2.15. The molecule has 4 nitrogen and oxygen atoms in total. The number of benzene rings is 1. The molecule has 0 aromatic heterocycles. The number of halogens is 1. The van der Waals surface area contributed by atoms with E-state index in [1.807, 2.05) is 0 Å². The molecule has 0 fully saturated rings. The normalized spacial score (nSPS) is 12.1. The third-order valence-electron chi connectivity index (χ3n) is 1.68. The smallest absolute Gasteiger partial charge is 0.405 e. The summed E-state index contributed by atoms with van der Waals surface area (Å²) < 4.78 is 4.67. The van der Waals surface area contributed by atoms with Gasteiger partial charge in [-0.2, -0.15) is 0 Å². The second-order valence-electron chi connectivity index (χ2n) is 2.63. The maximum Gasteiger partial charge on any atom is 0.405 e. The van der Waals surface area contributed by atoms with Crippen molar-refractivity contribution in [3.8, 4) is 0 Å². The Bertz CT molecular complexity index is 330. The number of primary amides is 1. The maximum atomic E-state index is 10.5. The van der Waals surface area contributed by atoms with E-state index >= 15 is 0 Å². The molecule has 1 aromatic rings. The van der Waals surface area contributed by atoms with Crippen molar-refractivity contribution in [3.05, 3.63) is 34.9 Å². The van der Waals surface area contributed by atoms with Gasteiger partial charge < -0.3 is 15.6 Å². The molecule has 0 radical (unpaired) electrons. The maximum absolute atomic E-state index is 10.5. The number of ether oxygens (including phenoxy) is 1. The lowest BCUT2D eigenvalue weighted by Gasteiger charge is -2.15. The zero-order valence-electron chi connectivity index (χ0n) is 7.31. The summed E-state index contributed by atoms with van der Waals surface area (Å²) in [5.74, 6) is 0. The van der Waals surface area contributed by atoms with Gasteiger partial charge in [-0.3, -0.25) is 0 Å². The van der Waals surface area contributed by atoms with Gasteiger partial charge in [0.05, 0.1) is 6.61 Å². The molecule has 0 aliphatic heterocycles. The highest BCUT2D eigenvalue weighted by atomic mass is 35.5. The molecule has 5 heteroatoms. The van der Waals surface area contributed by atoms with Crippen LogP contribution in [0.25, 0.3) is 0 Å². The monoisotopic (exact) mass is 215 g/mol. The second kappa shape index (κ2) is 4.83. The lowest BCUT2D eigenvalue weighted by Crippen LogP contribution is -2.19.